The summed E-state index contributed by atoms with van der Waals surface area (Å²) in [6, 6.07) is 7.28. The van der Waals surface area contributed by atoms with Gasteiger partial charge in [-0.1, -0.05) is 43.4 Å². The molecule has 0 aromatic heterocycles. The maximum atomic E-state index is 12.7. The van der Waals surface area contributed by atoms with Gasteiger partial charge in [-0.2, -0.15) is 0 Å². The lowest BCUT2D eigenvalue weighted by molar-refractivity contribution is -0.139. The van der Waals surface area contributed by atoms with Crippen LogP contribution in [0.1, 0.15) is 18.9 Å². The van der Waals surface area contributed by atoms with Gasteiger partial charge in [0, 0.05) is 24.6 Å². The predicted octanol–water partition coefficient (Wildman–Crippen LogP) is 1.98. The van der Waals surface area contributed by atoms with Crippen LogP contribution in [0.3, 0.4) is 0 Å². The van der Waals surface area contributed by atoms with Gasteiger partial charge in [-0.05, 0) is 12.5 Å². The van der Waals surface area contributed by atoms with Gasteiger partial charge in [0.05, 0.1) is 5.69 Å². The van der Waals surface area contributed by atoms with Crippen LogP contribution in [-0.2, 0) is 10.4 Å². The van der Waals surface area contributed by atoms with Gasteiger partial charge < -0.3 is 15.1 Å². The van der Waals surface area contributed by atoms with E-state index in [1.54, 1.807) is 36.1 Å². The van der Waals surface area contributed by atoms with E-state index < -0.39 is 5.60 Å². The Labute approximate surface area is 125 Å². The third-order valence-corrected chi connectivity index (χ3v) is 3.87. The monoisotopic (exact) mass is 287 g/mol. The molecule has 1 amide bonds. The van der Waals surface area contributed by atoms with E-state index in [-0.39, 0.29) is 18.4 Å². The van der Waals surface area contributed by atoms with Crippen molar-refractivity contribution in [2.24, 2.45) is 5.92 Å². The Hall–Kier alpha value is -1.91. The molecule has 0 saturated heterocycles. The van der Waals surface area contributed by atoms with Crippen molar-refractivity contribution < 1.29 is 15.0 Å². The second kappa shape index (κ2) is 6.24. The minimum absolute atomic E-state index is 0.0504. The molecular formula is C17H21NO3. The van der Waals surface area contributed by atoms with Crippen molar-refractivity contribution in [1.82, 2.24) is 0 Å². The first-order valence-corrected chi connectivity index (χ1v) is 7.09. The Bertz CT molecular complexity index is 567. The van der Waals surface area contributed by atoms with Gasteiger partial charge in [-0.15, -0.1) is 6.58 Å². The lowest BCUT2D eigenvalue weighted by Crippen LogP contribution is -2.44. The van der Waals surface area contributed by atoms with Crippen LogP contribution >= 0.6 is 0 Å². The number of benzene rings is 1. The molecule has 112 valence electrons. The van der Waals surface area contributed by atoms with E-state index in [0.717, 1.165) is 5.69 Å². The molecule has 2 N–H and O–H groups in total. The topological polar surface area (TPSA) is 60.8 Å². The van der Waals surface area contributed by atoms with Crippen molar-refractivity contribution in [3.05, 3.63) is 54.6 Å². The molecule has 2 rings (SSSR count). The molecule has 0 saturated carbocycles. The van der Waals surface area contributed by atoms with Crippen molar-refractivity contribution in [2.75, 3.05) is 18.1 Å². The van der Waals surface area contributed by atoms with E-state index >= 15 is 0 Å². The summed E-state index contributed by atoms with van der Waals surface area (Å²) in [6.45, 7) is 5.89. The standard InChI is InChI=1S/C17H21NO3/c1-3-11-18-15-10-5-4-9-14(15)17(21,16(18)20)13(2)8-6-7-12-19/h3-6,8-10,13,19,21H,1,7,11-12H2,2H3/b8-6+/t13-,17+/m0/s1. The largest absolute Gasteiger partial charge is 0.396 e. The highest BCUT2D eigenvalue weighted by molar-refractivity contribution is 6.07. The van der Waals surface area contributed by atoms with Gasteiger partial charge >= 0.3 is 0 Å². The maximum Gasteiger partial charge on any atom is 0.264 e. The summed E-state index contributed by atoms with van der Waals surface area (Å²) in [6.07, 6.45) is 5.72. The summed E-state index contributed by atoms with van der Waals surface area (Å²) in [4.78, 5) is 14.2. The zero-order valence-corrected chi connectivity index (χ0v) is 12.2. The minimum atomic E-state index is -1.56. The first kappa shape index (κ1) is 15.5. The second-order valence-electron chi connectivity index (χ2n) is 5.22. The number of para-hydroxylation sites is 1. The smallest absolute Gasteiger partial charge is 0.264 e. The minimum Gasteiger partial charge on any atom is -0.396 e. The van der Waals surface area contributed by atoms with E-state index in [2.05, 4.69) is 6.58 Å². The second-order valence-corrected chi connectivity index (χ2v) is 5.22. The van der Waals surface area contributed by atoms with E-state index in [9.17, 15) is 9.90 Å². The van der Waals surface area contributed by atoms with Gasteiger partial charge in [0.25, 0.3) is 5.91 Å². The lowest BCUT2D eigenvalue weighted by Gasteiger charge is -2.27. The molecule has 0 fully saturated rings. The van der Waals surface area contributed by atoms with Crippen molar-refractivity contribution >= 4 is 11.6 Å². The number of aliphatic hydroxyl groups excluding tert-OH is 1. The fourth-order valence-corrected chi connectivity index (χ4v) is 2.73. The van der Waals surface area contributed by atoms with Crippen LogP contribution in [0.25, 0.3) is 0 Å². The first-order valence-electron chi connectivity index (χ1n) is 7.09. The summed E-state index contributed by atoms with van der Waals surface area (Å²) in [5, 5.41) is 19.9. The summed E-state index contributed by atoms with van der Waals surface area (Å²) in [5.41, 5.74) is -0.212. The highest BCUT2D eigenvalue weighted by Crippen LogP contribution is 2.44. The maximum absolute atomic E-state index is 12.7. The molecule has 0 radical (unpaired) electrons. The van der Waals surface area contributed by atoms with E-state index in [4.69, 9.17) is 5.11 Å². The zero-order chi connectivity index (χ0) is 15.5. The Morgan fingerprint density at radius 2 is 2.14 bits per heavy atom. The Kier molecular flexibility index (Phi) is 4.60. The van der Waals surface area contributed by atoms with Gasteiger partial charge in [-0.3, -0.25) is 4.79 Å². The number of rotatable bonds is 6. The average molecular weight is 287 g/mol. The quantitative estimate of drug-likeness (QED) is 0.787. The zero-order valence-electron chi connectivity index (χ0n) is 12.2. The Morgan fingerprint density at radius 1 is 1.43 bits per heavy atom. The number of nitrogens with zero attached hydrogens (tertiary/aromatic N) is 1. The van der Waals surface area contributed by atoms with Gasteiger partial charge in [-0.25, -0.2) is 0 Å². The molecule has 0 spiro atoms. The first-order chi connectivity index (χ1) is 10.1. The molecule has 0 bridgehead atoms. The highest BCUT2D eigenvalue weighted by atomic mass is 16.3. The van der Waals surface area contributed by atoms with Crippen molar-refractivity contribution in [3.8, 4) is 0 Å². The molecule has 4 heteroatoms. The number of anilines is 1. The molecule has 1 aromatic rings. The Morgan fingerprint density at radius 3 is 2.81 bits per heavy atom. The van der Waals surface area contributed by atoms with Crippen LogP contribution in [0.15, 0.2) is 49.1 Å². The molecule has 0 unspecified atom stereocenters. The number of carbonyl (C=O) groups excluding carboxylic acids is 1. The van der Waals surface area contributed by atoms with Crippen LogP contribution in [-0.4, -0.2) is 29.3 Å². The van der Waals surface area contributed by atoms with Crippen LogP contribution < -0.4 is 4.90 Å². The lowest BCUT2D eigenvalue weighted by atomic mass is 9.83. The van der Waals surface area contributed by atoms with Gasteiger partial charge in [0.2, 0.25) is 0 Å². The Balaban J connectivity index is 2.43. The van der Waals surface area contributed by atoms with Crippen molar-refractivity contribution in [1.29, 1.82) is 0 Å². The van der Waals surface area contributed by atoms with Gasteiger partial charge in [0.15, 0.2) is 5.60 Å². The number of hydrogen-bond acceptors (Lipinski definition) is 3. The third kappa shape index (κ3) is 2.52. The molecule has 1 aliphatic heterocycles. The predicted molar refractivity (Wildman–Crippen MR) is 82.9 cm³/mol. The summed E-state index contributed by atoms with van der Waals surface area (Å²) in [5.74, 6) is -0.711. The van der Waals surface area contributed by atoms with E-state index in [1.165, 1.54) is 0 Å². The average Bonchev–Trinajstić information content (AvgIpc) is 2.71. The fraction of sp³-hybridized carbons (Fsp3) is 0.353. The number of amides is 1. The van der Waals surface area contributed by atoms with E-state index in [0.29, 0.717) is 18.5 Å². The normalized spacial score (nSPS) is 22.6. The summed E-state index contributed by atoms with van der Waals surface area (Å²) >= 11 is 0. The summed E-state index contributed by atoms with van der Waals surface area (Å²) < 4.78 is 0. The van der Waals surface area contributed by atoms with Crippen molar-refractivity contribution in [2.45, 2.75) is 18.9 Å². The molecule has 2 atom stereocenters. The third-order valence-electron chi connectivity index (χ3n) is 3.87. The fourth-order valence-electron chi connectivity index (χ4n) is 2.73. The van der Waals surface area contributed by atoms with Crippen LogP contribution in [0, 0.1) is 5.92 Å². The van der Waals surface area contributed by atoms with Gasteiger partial charge in [0.1, 0.15) is 0 Å². The molecular weight excluding hydrogens is 266 g/mol. The van der Waals surface area contributed by atoms with E-state index in [1.807, 2.05) is 18.2 Å². The number of aliphatic hydroxyl groups is 2. The molecule has 1 heterocycles. The summed E-state index contributed by atoms with van der Waals surface area (Å²) in [7, 11) is 0. The molecule has 21 heavy (non-hydrogen) atoms. The molecule has 4 nitrogen and oxygen atoms in total. The molecule has 1 aliphatic rings. The van der Waals surface area contributed by atoms with Crippen LogP contribution in [0.2, 0.25) is 0 Å². The SMILES string of the molecule is C=CCN1C(=O)[C@@](O)([C@@H](C)/C=C/CCO)c2ccccc21. The van der Waals surface area contributed by atoms with Crippen LogP contribution in [0.4, 0.5) is 5.69 Å². The van der Waals surface area contributed by atoms with Crippen molar-refractivity contribution in [3.63, 3.8) is 0 Å². The number of fused-ring (bicyclic) bond motifs is 1. The highest BCUT2D eigenvalue weighted by Gasteiger charge is 2.51. The molecule has 1 aromatic carbocycles. The number of carbonyl (C=O) groups is 1. The number of hydrogen-bond donors (Lipinski definition) is 2. The molecule has 0 aliphatic carbocycles. The van der Waals surface area contributed by atoms with Crippen LogP contribution in [0.5, 0.6) is 0 Å².